The van der Waals surface area contributed by atoms with Crippen molar-refractivity contribution in [2.45, 2.75) is 38.8 Å². The van der Waals surface area contributed by atoms with Gasteiger partial charge in [-0.3, -0.25) is 9.69 Å². The van der Waals surface area contributed by atoms with Crippen molar-refractivity contribution in [3.8, 4) is 0 Å². The zero-order valence-electron chi connectivity index (χ0n) is 12.0. The predicted molar refractivity (Wildman–Crippen MR) is 70.6 cm³/mol. The molecule has 1 fully saturated rings. The van der Waals surface area contributed by atoms with E-state index < -0.39 is 5.54 Å². The number of likely N-dealkylation sites (N-methyl/N-ethyl adjacent to an activating group) is 1. The summed E-state index contributed by atoms with van der Waals surface area (Å²) in [5, 5.41) is 3.25. The van der Waals surface area contributed by atoms with E-state index in [4.69, 9.17) is 9.47 Å². The fourth-order valence-electron chi connectivity index (χ4n) is 2.45. The zero-order valence-corrected chi connectivity index (χ0v) is 12.0. The molecule has 1 saturated heterocycles. The molecule has 0 saturated carbocycles. The first-order chi connectivity index (χ1) is 8.55. The number of carbonyl (C=O) groups excluding carboxylic acids is 1. The summed E-state index contributed by atoms with van der Waals surface area (Å²) in [4.78, 5) is 14.3. The second-order valence-electron chi connectivity index (χ2n) is 4.96. The normalized spacial score (nSPS) is 23.9. The summed E-state index contributed by atoms with van der Waals surface area (Å²) in [7, 11) is 1.74. The molecule has 1 rings (SSSR count). The van der Waals surface area contributed by atoms with Crippen molar-refractivity contribution in [1.82, 2.24) is 10.2 Å². The van der Waals surface area contributed by atoms with Crippen LogP contribution in [0.15, 0.2) is 0 Å². The molecule has 0 aliphatic carbocycles. The molecule has 1 heterocycles. The maximum absolute atomic E-state index is 12.1. The lowest BCUT2D eigenvalue weighted by Crippen LogP contribution is -2.57. The van der Waals surface area contributed by atoms with Gasteiger partial charge in [-0.1, -0.05) is 6.92 Å². The van der Waals surface area contributed by atoms with E-state index in [1.54, 1.807) is 7.11 Å². The highest BCUT2D eigenvalue weighted by atomic mass is 16.5. The first kappa shape index (κ1) is 15.4. The van der Waals surface area contributed by atoms with Crippen molar-refractivity contribution in [1.29, 1.82) is 0 Å². The van der Waals surface area contributed by atoms with Crippen LogP contribution in [0, 0.1) is 0 Å². The van der Waals surface area contributed by atoms with Gasteiger partial charge in [-0.2, -0.15) is 0 Å². The van der Waals surface area contributed by atoms with E-state index in [-0.39, 0.29) is 12.1 Å². The average Bonchev–Trinajstić information content (AvgIpc) is 2.77. The van der Waals surface area contributed by atoms with Crippen LogP contribution < -0.4 is 5.32 Å². The molecular formula is C13H26N2O3. The summed E-state index contributed by atoms with van der Waals surface area (Å²) in [6.45, 7) is 9.43. The van der Waals surface area contributed by atoms with E-state index >= 15 is 0 Å². The predicted octanol–water partition coefficient (Wildman–Crippen LogP) is 0.638. The smallest absolute Gasteiger partial charge is 0.327 e. The minimum Gasteiger partial charge on any atom is -0.465 e. The van der Waals surface area contributed by atoms with Crippen LogP contribution in [0.5, 0.6) is 0 Å². The molecule has 0 radical (unpaired) electrons. The molecule has 1 N–H and O–H groups in total. The van der Waals surface area contributed by atoms with Gasteiger partial charge in [0.05, 0.1) is 12.7 Å². The van der Waals surface area contributed by atoms with Gasteiger partial charge in [0.25, 0.3) is 0 Å². The second kappa shape index (κ2) is 7.07. The van der Waals surface area contributed by atoms with Crippen molar-refractivity contribution < 1.29 is 14.3 Å². The Labute approximate surface area is 110 Å². The Morgan fingerprint density at radius 3 is 2.72 bits per heavy atom. The number of methoxy groups -OCH3 is 1. The van der Waals surface area contributed by atoms with Crippen molar-refractivity contribution in [3.63, 3.8) is 0 Å². The highest BCUT2D eigenvalue weighted by Crippen LogP contribution is 2.17. The lowest BCUT2D eigenvalue weighted by atomic mass is 10.0. The van der Waals surface area contributed by atoms with Crippen LogP contribution in [0.2, 0.25) is 0 Å². The number of rotatable bonds is 7. The highest BCUT2D eigenvalue weighted by Gasteiger charge is 2.37. The number of hydrogen-bond donors (Lipinski definition) is 1. The van der Waals surface area contributed by atoms with Gasteiger partial charge in [-0.25, -0.2) is 0 Å². The Kier molecular flexibility index (Phi) is 6.05. The Hall–Kier alpha value is -0.650. The third-order valence-electron chi connectivity index (χ3n) is 3.40. The molecule has 1 aliphatic heterocycles. The Morgan fingerprint density at radius 1 is 1.50 bits per heavy atom. The quantitative estimate of drug-likeness (QED) is 0.679. The van der Waals surface area contributed by atoms with Gasteiger partial charge in [0.15, 0.2) is 0 Å². The molecule has 0 aromatic heterocycles. The lowest BCUT2D eigenvalue weighted by Gasteiger charge is -2.32. The summed E-state index contributed by atoms with van der Waals surface area (Å²) in [6, 6.07) is 0. The number of likely N-dealkylation sites (tertiary alicyclic amines) is 1. The van der Waals surface area contributed by atoms with Crippen LogP contribution in [0.1, 0.15) is 27.2 Å². The average molecular weight is 258 g/mol. The van der Waals surface area contributed by atoms with Gasteiger partial charge >= 0.3 is 5.97 Å². The molecule has 18 heavy (non-hydrogen) atoms. The maximum Gasteiger partial charge on any atom is 0.327 e. The number of nitrogens with zero attached hydrogens (tertiary/aromatic N) is 1. The van der Waals surface area contributed by atoms with Crippen molar-refractivity contribution in [3.05, 3.63) is 0 Å². The molecule has 2 atom stereocenters. The summed E-state index contributed by atoms with van der Waals surface area (Å²) in [5.41, 5.74) is -0.632. The molecule has 5 nitrogen and oxygen atoms in total. The third kappa shape index (κ3) is 3.93. The molecule has 0 amide bonds. The van der Waals surface area contributed by atoms with Crippen LogP contribution in [-0.2, 0) is 14.3 Å². The van der Waals surface area contributed by atoms with Crippen LogP contribution in [0.25, 0.3) is 0 Å². The minimum atomic E-state index is -0.632. The van der Waals surface area contributed by atoms with E-state index in [9.17, 15) is 4.79 Å². The Morgan fingerprint density at radius 2 is 2.22 bits per heavy atom. The molecular weight excluding hydrogens is 232 g/mol. The summed E-state index contributed by atoms with van der Waals surface area (Å²) in [5.74, 6) is -0.173. The Bertz CT molecular complexity index is 273. The molecule has 2 unspecified atom stereocenters. The number of hydrogen-bond acceptors (Lipinski definition) is 5. The molecule has 5 heteroatoms. The van der Waals surface area contributed by atoms with E-state index in [1.807, 2.05) is 20.8 Å². The maximum atomic E-state index is 12.1. The van der Waals surface area contributed by atoms with Crippen LogP contribution >= 0.6 is 0 Å². The first-order valence-corrected chi connectivity index (χ1v) is 6.73. The SMILES string of the molecule is CCNC(C)(CN1CCC(OC)C1)C(=O)OCC. The number of carbonyl (C=O) groups is 1. The second-order valence-corrected chi connectivity index (χ2v) is 4.96. The van der Waals surface area contributed by atoms with E-state index in [0.717, 1.165) is 26.1 Å². The fraction of sp³-hybridized carbons (Fsp3) is 0.923. The van der Waals surface area contributed by atoms with Crippen LogP contribution in [-0.4, -0.2) is 62.4 Å². The van der Waals surface area contributed by atoms with Crippen molar-refractivity contribution >= 4 is 5.97 Å². The summed E-state index contributed by atoms with van der Waals surface area (Å²) in [6.07, 6.45) is 1.32. The number of nitrogens with one attached hydrogen (secondary N) is 1. The Balaban J connectivity index is 2.59. The summed E-state index contributed by atoms with van der Waals surface area (Å²) >= 11 is 0. The standard InChI is InChI=1S/C13H26N2O3/c1-5-14-13(3,12(16)18-6-2)10-15-8-7-11(9-15)17-4/h11,14H,5-10H2,1-4H3. The monoisotopic (exact) mass is 258 g/mol. The molecule has 0 aromatic rings. The van der Waals surface area contributed by atoms with Gasteiger partial charge < -0.3 is 14.8 Å². The number of ether oxygens (including phenoxy) is 2. The van der Waals surface area contributed by atoms with Crippen molar-refractivity contribution in [2.24, 2.45) is 0 Å². The molecule has 1 aliphatic rings. The topological polar surface area (TPSA) is 50.8 Å². The van der Waals surface area contributed by atoms with Crippen LogP contribution in [0.3, 0.4) is 0 Å². The largest absolute Gasteiger partial charge is 0.465 e. The molecule has 0 bridgehead atoms. The first-order valence-electron chi connectivity index (χ1n) is 6.73. The van der Waals surface area contributed by atoms with Crippen molar-refractivity contribution in [2.75, 3.05) is 39.9 Å². The lowest BCUT2D eigenvalue weighted by molar-refractivity contribution is -0.151. The van der Waals surface area contributed by atoms with Gasteiger partial charge in [0.2, 0.25) is 0 Å². The molecule has 0 aromatic carbocycles. The van der Waals surface area contributed by atoms with Gasteiger partial charge in [0, 0.05) is 26.7 Å². The van der Waals surface area contributed by atoms with E-state index in [2.05, 4.69) is 10.2 Å². The van der Waals surface area contributed by atoms with E-state index in [1.165, 1.54) is 0 Å². The van der Waals surface area contributed by atoms with Gasteiger partial charge in [-0.05, 0) is 26.8 Å². The minimum absolute atomic E-state index is 0.173. The van der Waals surface area contributed by atoms with Gasteiger partial charge in [0.1, 0.15) is 5.54 Å². The molecule has 106 valence electrons. The molecule has 0 spiro atoms. The fourth-order valence-corrected chi connectivity index (χ4v) is 2.45. The highest BCUT2D eigenvalue weighted by molar-refractivity contribution is 5.80. The number of esters is 1. The zero-order chi connectivity index (χ0) is 13.6. The summed E-state index contributed by atoms with van der Waals surface area (Å²) < 4.78 is 10.5. The third-order valence-corrected chi connectivity index (χ3v) is 3.40. The van der Waals surface area contributed by atoms with Crippen LogP contribution in [0.4, 0.5) is 0 Å². The van der Waals surface area contributed by atoms with Gasteiger partial charge in [-0.15, -0.1) is 0 Å². The van der Waals surface area contributed by atoms with E-state index in [0.29, 0.717) is 13.2 Å².